The molecule has 1 aromatic rings. The molecule has 0 aliphatic carbocycles. The lowest BCUT2D eigenvalue weighted by Gasteiger charge is -2.12. The molecule has 0 bridgehead atoms. The number of aromatic nitrogens is 2. The maximum atomic E-state index is 12.8. The molecule has 114 valence electrons. The smallest absolute Gasteiger partial charge is 0.356 e. The van der Waals surface area contributed by atoms with E-state index in [-0.39, 0.29) is 12.1 Å². The SMILES string of the molecule is CCCCNC(=NC)NCc1cn(C)nc1C(F)(F)F. The molecule has 0 aliphatic rings. The average Bonchev–Trinajstić information content (AvgIpc) is 2.75. The van der Waals surface area contributed by atoms with Gasteiger partial charge in [0.2, 0.25) is 0 Å². The van der Waals surface area contributed by atoms with Crippen LogP contribution < -0.4 is 10.6 Å². The van der Waals surface area contributed by atoms with E-state index in [1.165, 1.54) is 13.2 Å². The van der Waals surface area contributed by atoms with Gasteiger partial charge < -0.3 is 10.6 Å². The number of guanidine groups is 1. The molecule has 1 heterocycles. The molecule has 8 heteroatoms. The monoisotopic (exact) mass is 291 g/mol. The predicted molar refractivity (Wildman–Crippen MR) is 71.3 cm³/mol. The Morgan fingerprint density at radius 3 is 2.65 bits per heavy atom. The Balaban J connectivity index is 2.65. The molecule has 0 amide bonds. The number of rotatable bonds is 5. The minimum absolute atomic E-state index is 0.0223. The molecule has 0 spiro atoms. The average molecular weight is 291 g/mol. The third-order valence-corrected chi connectivity index (χ3v) is 2.67. The van der Waals surface area contributed by atoms with Gasteiger partial charge in [-0.25, -0.2) is 0 Å². The van der Waals surface area contributed by atoms with Crippen LogP contribution in [0.4, 0.5) is 13.2 Å². The number of aliphatic imine (C=N–C) groups is 1. The molecule has 20 heavy (non-hydrogen) atoms. The van der Waals surface area contributed by atoms with Crippen molar-refractivity contribution in [3.63, 3.8) is 0 Å². The fourth-order valence-corrected chi connectivity index (χ4v) is 1.69. The van der Waals surface area contributed by atoms with E-state index in [4.69, 9.17) is 0 Å². The van der Waals surface area contributed by atoms with Gasteiger partial charge in [-0.2, -0.15) is 18.3 Å². The summed E-state index contributed by atoms with van der Waals surface area (Å²) in [5.41, 5.74) is -0.769. The predicted octanol–water partition coefficient (Wildman–Crippen LogP) is 1.90. The van der Waals surface area contributed by atoms with Crippen molar-refractivity contribution in [2.24, 2.45) is 12.0 Å². The van der Waals surface area contributed by atoms with Crippen LogP contribution in [-0.4, -0.2) is 29.3 Å². The molecule has 5 nitrogen and oxygen atoms in total. The van der Waals surface area contributed by atoms with Crippen LogP contribution in [0.1, 0.15) is 31.0 Å². The summed E-state index contributed by atoms with van der Waals surface area (Å²) in [7, 11) is 3.04. The molecule has 0 saturated carbocycles. The minimum atomic E-state index is -4.45. The highest BCUT2D eigenvalue weighted by atomic mass is 19.4. The highest BCUT2D eigenvalue weighted by Gasteiger charge is 2.36. The van der Waals surface area contributed by atoms with Crippen molar-refractivity contribution in [3.8, 4) is 0 Å². The maximum absolute atomic E-state index is 12.8. The van der Waals surface area contributed by atoms with Crippen LogP contribution >= 0.6 is 0 Å². The molecule has 0 radical (unpaired) electrons. The van der Waals surface area contributed by atoms with E-state index in [0.717, 1.165) is 24.1 Å². The van der Waals surface area contributed by atoms with E-state index >= 15 is 0 Å². The molecule has 2 N–H and O–H groups in total. The van der Waals surface area contributed by atoms with E-state index in [2.05, 4.69) is 27.6 Å². The molecule has 0 saturated heterocycles. The lowest BCUT2D eigenvalue weighted by atomic mass is 10.2. The number of halogens is 3. The second-order valence-electron chi connectivity index (χ2n) is 4.38. The lowest BCUT2D eigenvalue weighted by Crippen LogP contribution is -2.37. The zero-order valence-corrected chi connectivity index (χ0v) is 11.9. The Hall–Kier alpha value is -1.73. The van der Waals surface area contributed by atoms with Gasteiger partial charge in [-0.3, -0.25) is 9.67 Å². The first-order valence-electron chi connectivity index (χ1n) is 6.42. The molecule has 0 fully saturated rings. The van der Waals surface area contributed by atoms with Crippen molar-refractivity contribution in [1.82, 2.24) is 20.4 Å². The highest BCUT2D eigenvalue weighted by Crippen LogP contribution is 2.30. The topological polar surface area (TPSA) is 54.2 Å². The second kappa shape index (κ2) is 7.16. The van der Waals surface area contributed by atoms with Gasteiger partial charge in [-0.1, -0.05) is 13.3 Å². The Bertz CT molecular complexity index is 450. The molecular formula is C12H20F3N5. The van der Waals surface area contributed by atoms with Crippen LogP contribution in [0.2, 0.25) is 0 Å². The zero-order chi connectivity index (χ0) is 15.2. The fourth-order valence-electron chi connectivity index (χ4n) is 1.69. The number of nitrogens with zero attached hydrogens (tertiary/aromatic N) is 3. The lowest BCUT2D eigenvalue weighted by molar-refractivity contribution is -0.142. The Labute approximate surface area is 116 Å². The Kier molecular flexibility index (Phi) is 5.84. The summed E-state index contributed by atoms with van der Waals surface area (Å²) < 4.78 is 39.5. The number of unbranched alkanes of at least 4 members (excludes halogenated alkanes) is 1. The van der Waals surface area contributed by atoms with Gasteiger partial charge in [0.15, 0.2) is 11.7 Å². The van der Waals surface area contributed by atoms with Gasteiger partial charge in [-0.05, 0) is 6.42 Å². The van der Waals surface area contributed by atoms with Crippen LogP contribution in [0.5, 0.6) is 0 Å². The first-order valence-corrected chi connectivity index (χ1v) is 6.42. The quantitative estimate of drug-likeness (QED) is 0.495. The Morgan fingerprint density at radius 2 is 2.10 bits per heavy atom. The summed E-state index contributed by atoms with van der Waals surface area (Å²) in [5.74, 6) is 0.482. The minimum Gasteiger partial charge on any atom is -0.356 e. The highest BCUT2D eigenvalue weighted by molar-refractivity contribution is 5.79. The van der Waals surface area contributed by atoms with E-state index < -0.39 is 11.9 Å². The van der Waals surface area contributed by atoms with Crippen molar-refractivity contribution < 1.29 is 13.2 Å². The van der Waals surface area contributed by atoms with Gasteiger partial charge in [-0.15, -0.1) is 0 Å². The van der Waals surface area contributed by atoms with E-state index in [1.54, 1.807) is 7.05 Å². The van der Waals surface area contributed by atoms with Gasteiger partial charge >= 0.3 is 6.18 Å². The van der Waals surface area contributed by atoms with E-state index in [0.29, 0.717) is 5.96 Å². The summed E-state index contributed by atoms with van der Waals surface area (Å²) >= 11 is 0. The first-order chi connectivity index (χ1) is 9.38. The number of hydrogen-bond acceptors (Lipinski definition) is 2. The fraction of sp³-hybridized carbons (Fsp3) is 0.667. The van der Waals surface area contributed by atoms with Crippen LogP contribution in [0.25, 0.3) is 0 Å². The van der Waals surface area contributed by atoms with E-state index in [9.17, 15) is 13.2 Å². The van der Waals surface area contributed by atoms with Gasteiger partial charge in [0.05, 0.1) is 0 Å². The molecule has 0 aliphatic heterocycles. The van der Waals surface area contributed by atoms with Crippen molar-refractivity contribution >= 4 is 5.96 Å². The standard InChI is InChI=1S/C12H20F3N5/c1-4-5-6-17-11(16-2)18-7-9-8-20(3)19-10(9)12(13,14)15/h8H,4-7H2,1-3H3,(H2,16,17,18). The zero-order valence-electron chi connectivity index (χ0n) is 11.9. The maximum Gasteiger partial charge on any atom is 0.435 e. The third kappa shape index (κ3) is 4.75. The van der Waals surface area contributed by atoms with Crippen molar-refractivity contribution in [3.05, 3.63) is 17.5 Å². The normalized spacial score (nSPS) is 12.6. The van der Waals surface area contributed by atoms with Crippen LogP contribution in [0, 0.1) is 0 Å². The molecule has 0 unspecified atom stereocenters. The van der Waals surface area contributed by atoms with Gasteiger partial charge in [0, 0.05) is 38.9 Å². The summed E-state index contributed by atoms with van der Waals surface area (Å²) in [4.78, 5) is 3.96. The Morgan fingerprint density at radius 1 is 1.40 bits per heavy atom. The van der Waals surface area contributed by atoms with Crippen molar-refractivity contribution in [2.45, 2.75) is 32.5 Å². The van der Waals surface area contributed by atoms with Gasteiger partial charge in [0.1, 0.15) is 0 Å². The molecule has 1 aromatic heterocycles. The number of alkyl halides is 3. The van der Waals surface area contributed by atoms with Crippen LogP contribution in [-0.2, 0) is 19.8 Å². The first kappa shape index (κ1) is 16.3. The summed E-state index contributed by atoms with van der Waals surface area (Å²) in [6.07, 6.45) is -1.08. The molecular weight excluding hydrogens is 271 g/mol. The van der Waals surface area contributed by atoms with Crippen LogP contribution in [0.3, 0.4) is 0 Å². The third-order valence-electron chi connectivity index (χ3n) is 2.67. The summed E-state index contributed by atoms with van der Waals surface area (Å²) in [6.45, 7) is 2.81. The van der Waals surface area contributed by atoms with Crippen LogP contribution in [0.15, 0.2) is 11.2 Å². The molecule has 1 rings (SSSR count). The summed E-state index contributed by atoms with van der Waals surface area (Å²) in [5, 5.41) is 9.34. The molecule has 0 aromatic carbocycles. The number of nitrogens with one attached hydrogen (secondary N) is 2. The number of aryl methyl sites for hydroxylation is 1. The second-order valence-corrected chi connectivity index (χ2v) is 4.38. The van der Waals surface area contributed by atoms with E-state index in [1.807, 2.05) is 0 Å². The summed E-state index contributed by atoms with van der Waals surface area (Å²) in [6, 6.07) is 0. The largest absolute Gasteiger partial charge is 0.435 e. The van der Waals surface area contributed by atoms with Crippen molar-refractivity contribution in [1.29, 1.82) is 0 Å². The van der Waals surface area contributed by atoms with Gasteiger partial charge in [0.25, 0.3) is 0 Å². The number of hydrogen-bond donors (Lipinski definition) is 2. The van der Waals surface area contributed by atoms with Crippen molar-refractivity contribution in [2.75, 3.05) is 13.6 Å². The molecule has 0 atom stereocenters.